The van der Waals surface area contributed by atoms with Crippen molar-refractivity contribution in [1.29, 1.82) is 0 Å². The van der Waals surface area contributed by atoms with Gasteiger partial charge in [-0.3, -0.25) is 10.1 Å². The van der Waals surface area contributed by atoms with Crippen LogP contribution in [0.25, 0.3) is 0 Å². The third-order valence-corrected chi connectivity index (χ3v) is 5.43. The van der Waals surface area contributed by atoms with Crippen LogP contribution in [0.1, 0.15) is 13.8 Å². The van der Waals surface area contributed by atoms with E-state index >= 15 is 0 Å². The maximum absolute atomic E-state index is 12.3. The smallest absolute Gasteiger partial charge is 0.312 e. The SMILES string of the molecule is CCSCC(C)NS(=O)(=O)c1cccc(NC)c1[N+](=O)[O-]. The number of nitrogens with zero attached hydrogens (tertiary/aromatic N) is 1. The molecule has 0 aromatic heterocycles. The Morgan fingerprint density at radius 1 is 1.43 bits per heavy atom. The molecule has 0 aliphatic rings. The molecule has 0 saturated carbocycles. The molecule has 0 bridgehead atoms. The first-order valence-electron chi connectivity index (χ1n) is 6.38. The maximum atomic E-state index is 12.3. The minimum Gasteiger partial charge on any atom is -0.383 e. The van der Waals surface area contributed by atoms with E-state index in [2.05, 4.69) is 10.0 Å². The van der Waals surface area contributed by atoms with Crippen LogP contribution in [0.4, 0.5) is 11.4 Å². The second-order valence-corrected chi connectivity index (χ2v) is 7.34. The van der Waals surface area contributed by atoms with E-state index in [9.17, 15) is 18.5 Å². The normalized spacial score (nSPS) is 12.9. The van der Waals surface area contributed by atoms with Gasteiger partial charge in [0.15, 0.2) is 4.90 Å². The summed E-state index contributed by atoms with van der Waals surface area (Å²) in [5.74, 6) is 1.48. The van der Waals surface area contributed by atoms with E-state index in [4.69, 9.17) is 0 Å². The summed E-state index contributed by atoms with van der Waals surface area (Å²) in [5.41, 5.74) is -0.277. The predicted molar refractivity (Wildman–Crippen MR) is 85.4 cm³/mol. The lowest BCUT2D eigenvalue weighted by molar-refractivity contribution is -0.386. The van der Waals surface area contributed by atoms with Crippen LogP contribution < -0.4 is 10.0 Å². The van der Waals surface area contributed by atoms with E-state index in [-0.39, 0.29) is 16.6 Å². The molecule has 0 fully saturated rings. The van der Waals surface area contributed by atoms with E-state index in [0.29, 0.717) is 5.75 Å². The molecule has 0 saturated heterocycles. The van der Waals surface area contributed by atoms with E-state index in [0.717, 1.165) is 5.75 Å². The van der Waals surface area contributed by atoms with Crippen molar-refractivity contribution in [2.24, 2.45) is 0 Å². The van der Waals surface area contributed by atoms with Crippen molar-refractivity contribution in [2.75, 3.05) is 23.9 Å². The van der Waals surface area contributed by atoms with Gasteiger partial charge in [0.25, 0.3) is 0 Å². The highest BCUT2D eigenvalue weighted by molar-refractivity contribution is 7.99. The Labute approximate surface area is 128 Å². The number of para-hydroxylation sites is 1. The highest BCUT2D eigenvalue weighted by atomic mass is 32.2. The van der Waals surface area contributed by atoms with Crippen molar-refractivity contribution in [3.63, 3.8) is 0 Å². The van der Waals surface area contributed by atoms with Crippen LogP contribution in [0.15, 0.2) is 23.1 Å². The fourth-order valence-electron chi connectivity index (χ4n) is 1.79. The van der Waals surface area contributed by atoms with E-state index < -0.39 is 20.6 Å². The molecule has 0 aliphatic heterocycles. The highest BCUT2D eigenvalue weighted by Crippen LogP contribution is 2.31. The fourth-order valence-corrected chi connectivity index (χ4v) is 4.00. The summed E-state index contributed by atoms with van der Waals surface area (Å²) in [5, 5.41) is 13.8. The summed E-state index contributed by atoms with van der Waals surface area (Å²) in [6.07, 6.45) is 0. The molecule has 1 aromatic rings. The Bertz CT molecular complexity index is 605. The average Bonchev–Trinajstić information content (AvgIpc) is 2.43. The molecule has 1 aromatic carbocycles. The van der Waals surface area contributed by atoms with Gasteiger partial charge in [-0.05, 0) is 24.8 Å². The van der Waals surface area contributed by atoms with Crippen molar-refractivity contribution in [2.45, 2.75) is 24.8 Å². The number of hydrogen-bond acceptors (Lipinski definition) is 6. The lowest BCUT2D eigenvalue weighted by Crippen LogP contribution is -2.34. The largest absolute Gasteiger partial charge is 0.383 e. The molecular weight excluding hydrogens is 314 g/mol. The Kier molecular flexibility index (Phi) is 6.43. The van der Waals surface area contributed by atoms with Gasteiger partial charge in [0.05, 0.1) is 4.92 Å². The molecule has 0 amide bonds. The number of nitrogens with one attached hydrogen (secondary N) is 2. The lowest BCUT2D eigenvalue weighted by Gasteiger charge is -2.14. The molecule has 9 heteroatoms. The molecule has 0 heterocycles. The van der Waals surface area contributed by atoms with Crippen molar-refractivity contribution in [1.82, 2.24) is 4.72 Å². The van der Waals surface area contributed by atoms with Crippen LogP contribution in [-0.4, -0.2) is 37.9 Å². The Morgan fingerprint density at radius 2 is 2.10 bits per heavy atom. The van der Waals surface area contributed by atoms with Crippen LogP contribution in [0, 0.1) is 10.1 Å². The maximum Gasteiger partial charge on any atom is 0.312 e. The zero-order valence-corrected chi connectivity index (χ0v) is 13.8. The Balaban J connectivity index is 3.17. The van der Waals surface area contributed by atoms with E-state index in [1.807, 2.05) is 6.92 Å². The molecule has 1 atom stereocenters. The molecule has 1 unspecified atom stereocenters. The van der Waals surface area contributed by atoms with E-state index in [1.54, 1.807) is 18.7 Å². The number of nitro benzene ring substituents is 1. The molecule has 1 rings (SSSR count). The number of anilines is 1. The summed E-state index contributed by atoms with van der Waals surface area (Å²) in [6, 6.07) is 3.87. The number of hydrogen-bond donors (Lipinski definition) is 2. The standard InChI is InChI=1S/C12H19N3O4S2/c1-4-20-8-9(2)14-21(18,19)11-7-5-6-10(13-3)12(11)15(16)17/h5-7,9,13-14H,4,8H2,1-3H3. The molecule has 21 heavy (non-hydrogen) atoms. The highest BCUT2D eigenvalue weighted by Gasteiger charge is 2.29. The Hall–Kier alpha value is -1.32. The molecule has 7 nitrogen and oxygen atoms in total. The van der Waals surface area contributed by atoms with Crippen molar-refractivity contribution < 1.29 is 13.3 Å². The monoisotopic (exact) mass is 333 g/mol. The van der Waals surface area contributed by atoms with Crippen molar-refractivity contribution >= 4 is 33.2 Å². The van der Waals surface area contributed by atoms with Crippen molar-refractivity contribution in [3.8, 4) is 0 Å². The van der Waals surface area contributed by atoms with Crippen LogP contribution in [0.2, 0.25) is 0 Å². The summed E-state index contributed by atoms with van der Waals surface area (Å²) in [4.78, 5) is 10.2. The van der Waals surface area contributed by atoms with Crippen LogP contribution in [0.3, 0.4) is 0 Å². The zero-order chi connectivity index (χ0) is 16.0. The van der Waals surface area contributed by atoms with Gasteiger partial charge < -0.3 is 5.32 Å². The van der Waals surface area contributed by atoms with E-state index in [1.165, 1.54) is 25.2 Å². The minimum absolute atomic E-state index is 0.165. The first-order chi connectivity index (χ1) is 9.83. The number of benzene rings is 1. The molecule has 0 aliphatic carbocycles. The van der Waals surface area contributed by atoms with Crippen LogP contribution in [0.5, 0.6) is 0 Å². The lowest BCUT2D eigenvalue weighted by atomic mass is 10.3. The van der Waals surface area contributed by atoms with Crippen LogP contribution in [-0.2, 0) is 10.0 Å². The van der Waals surface area contributed by atoms with Gasteiger partial charge >= 0.3 is 5.69 Å². The predicted octanol–water partition coefficient (Wildman–Crippen LogP) is 2.06. The average molecular weight is 333 g/mol. The fraction of sp³-hybridized carbons (Fsp3) is 0.500. The molecule has 2 N–H and O–H groups in total. The zero-order valence-electron chi connectivity index (χ0n) is 12.1. The second kappa shape index (κ2) is 7.62. The number of rotatable bonds is 8. The summed E-state index contributed by atoms with van der Waals surface area (Å²) in [6.45, 7) is 3.71. The first kappa shape index (κ1) is 17.7. The van der Waals surface area contributed by atoms with Gasteiger partial charge in [-0.1, -0.05) is 13.0 Å². The third-order valence-electron chi connectivity index (χ3n) is 2.67. The van der Waals surface area contributed by atoms with Crippen LogP contribution >= 0.6 is 11.8 Å². The van der Waals surface area contributed by atoms with Gasteiger partial charge in [-0.2, -0.15) is 11.8 Å². The third kappa shape index (κ3) is 4.58. The summed E-state index contributed by atoms with van der Waals surface area (Å²) < 4.78 is 27.2. The molecule has 0 spiro atoms. The molecular formula is C12H19N3O4S2. The number of thioether (sulfide) groups is 1. The van der Waals surface area contributed by atoms with Gasteiger partial charge in [0.1, 0.15) is 5.69 Å². The van der Waals surface area contributed by atoms with Gasteiger partial charge in [-0.15, -0.1) is 0 Å². The van der Waals surface area contributed by atoms with Gasteiger partial charge in [0.2, 0.25) is 10.0 Å². The summed E-state index contributed by atoms with van der Waals surface area (Å²) >= 11 is 1.60. The number of nitro groups is 1. The first-order valence-corrected chi connectivity index (χ1v) is 9.02. The minimum atomic E-state index is -3.94. The molecule has 0 radical (unpaired) electrons. The second-order valence-electron chi connectivity index (χ2n) is 4.34. The van der Waals surface area contributed by atoms with Crippen molar-refractivity contribution in [3.05, 3.63) is 28.3 Å². The summed E-state index contributed by atoms with van der Waals surface area (Å²) in [7, 11) is -2.44. The Morgan fingerprint density at radius 3 is 2.62 bits per heavy atom. The topological polar surface area (TPSA) is 101 Å². The number of sulfonamides is 1. The van der Waals surface area contributed by atoms with Gasteiger partial charge in [0, 0.05) is 18.8 Å². The molecule has 118 valence electrons. The van der Waals surface area contributed by atoms with Gasteiger partial charge in [-0.25, -0.2) is 13.1 Å². The quantitative estimate of drug-likeness (QED) is 0.558.